The van der Waals surface area contributed by atoms with Gasteiger partial charge < -0.3 is 19.9 Å². The van der Waals surface area contributed by atoms with Crippen molar-refractivity contribution in [3.8, 4) is 11.1 Å². The zero-order valence-corrected chi connectivity index (χ0v) is 28.3. The lowest BCUT2D eigenvalue weighted by atomic mass is 9.79. The molecule has 3 aromatic heterocycles. The lowest BCUT2D eigenvalue weighted by Gasteiger charge is -2.32. The van der Waals surface area contributed by atoms with Crippen LogP contribution in [0.2, 0.25) is 25.7 Å². The number of halogens is 1. The number of nitrogens with one attached hydrogen (secondary N) is 2. The summed E-state index contributed by atoms with van der Waals surface area (Å²) in [6.07, 6.45) is 4.83. The molecule has 2 amide bonds. The van der Waals surface area contributed by atoms with Crippen LogP contribution in [0.5, 0.6) is 0 Å². The molecule has 3 heterocycles. The molecule has 4 rings (SSSR count). The van der Waals surface area contributed by atoms with Crippen molar-refractivity contribution in [3.63, 3.8) is 0 Å². The summed E-state index contributed by atoms with van der Waals surface area (Å²) in [5.41, 5.74) is 3.23. The van der Waals surface area contributed by atoms with Crippen LogP contribution >= 0.6 is 0 Å². The molecule has 0 bridgehead atoms. The molecule has 44 heavy (non-hydrogen) atoms. The quantitative estimate of drug-likeness (QED) is 0.130. The van der Waals surface area contributed by atoms with E-state index in [9.17, 15) is 9.59 Å². The van der Waals surface area contributed by atoms with Crippen LogP contribution in [0.25, 0.3) is 11.1 Å². The van der Waals surface area contributed by atoms with Gasteiger partial charge in [-0.25, -0.2) is 9.67 Å². The van der Waals surface area contributed by atoms with Crippen molar-refractivity contribution in [1.82, 2.24) is 25.2 Å². The van der Waals surface area contributed by atoms with E-state index in [1.807, 2.05) is 27.7 Å². The molecule has 0 spiro atoms. The van der Waals surface area contributed by atoms with Crippen LogP contribution in [0.15, 0.2) is 22.9 Å². The number of hydrogen-bond donors (Lipinski definition) is 2. The van der Waals surface area contributed by atoms with E-state index < -0.39 is 31.9 Å². The van der Waals surface area contributed by atoms with Crippen molar-refractivity contribution in [3.05, 3.63) is 47.0 Å². The van der Waals surface area contributed by atoms with Gasteiger partial charge in [0.25, 0.3) is 5.91 Å². The molecule has 0 unspecified atom stereocenters. The number of aromatic nitrogens is 4. The number of rotatable bonds is 12. The molecule has 240 valence electrons. The predicted octanol–water partition coefficient (Wildman–Crippen LogP) is 6.69. The summed E-state index contributed by atoms with van der Waals surface area (Å²) in [5, 5.41) is 14.2. The molecule has 1 aliphatic rings. The molecule has 0 aromatic carbocycles. The molecular formula is C32H47FN6O4Si. The Labute approximate surface area is 260 Å². The van der Waals surface area contributed by atoms with Crippen molar-refractivity contribution >= 4 is 25.7 Å². The molecule has 1 aliphatic carbocycles. The summed E-state index contributed by atoms with van der Waals surface area (Å²) >= 11 is 0. The van der Waals surface area contributed by atoms with Gasteiger partial charge in [0, 0.05) is 31.5 Å². The summed E-state index contributed by atoms with van der Waals surface area (Å²) < 4.78 is 28.2. The highest BCUT2D eigenvalue weighted by atomic mass is 28.3. The maximum Gasteiger partial charge on any atom is 0.257 e. The second-order valence-corrected chi connectivity index (χ2v) is 19.3. The summed E-state index contributed by atoms with van der Waals surface area (Å²) in [5.74, 6) is -1.02. The van der Waals surface area contributed by atoms with Crippen LogP contribution < -0.4 is 10.6 Å². The summed E-state index contributed by atoms with van der Waals surface area (Å²) in [6, 6.07) is 3.41. The number of nitrogens with zero attached hydrogens (tertiary/aromatic N) is 4. The summed E-state index contributed by atoms with van der Waals surface area (Å²) in [6.45, 7) is 17.6. The topological polar surface area (TPSA) is 124 Å². The smallest absolute Gasteiger partial charge is 0.257 e. The van der Waals surface area contributed by atoms with Gasteiger partial charge in [-0.2, -0.15) is 9.49 Å². The minimum absolute atomic E-state index is 0.0233. The van der Waals surface area contributed by atoms with Gasteiger partial charge in [-0.3, -0.25) is 9.59 Å². The third-order valence-electron chi connectivity index (χ3n) is 8.45. The second-order valence-electron chi connectivity index (χ2n) is 13.7. The minimum atomic E-state index is -1.21. The van der Waals surface area contributed by atoms with E-state index in [1.54, 1.807) is 16.8 Å². The van der Waals surface area contributed by atoms with E-state index in [-0.39, 0.29) is 17.7 Å². The van der Waals surface area contributed by atoms with Gasteiger partial charge in [-0.1, -0.05) is 58.4 Å². The van der Waals surface area contributed by atoms with Crippen LogP contribution in [-0.4, -0.2) is 52.5 Å². The van der Waals surface area contributed by atoms with Crippen molar-refractivity contribution in [1.29, 1.82) is 0 Å². The Morgan fingerprint density at radius 3 is 2.50 bits per heavy atom. The van der Waals surface area contributed by atoms with Crippen LogP contribution in [0.4, 0.5) is 10.2 Å². The molecule has 0 radical (unpaired) electrons. The van der Waals surface area contributed by atoms with E-state index >= 15 is 4.39 Å². The highest BCUT2D eigenvalue weighted by Crippen LogP contribution is 2.32. The molecule has 1 atom stereocenters. The highest BCUT2D eigenvalue weighted by molar-refractivity contribution is 6.76. The van der Waals surface area contributed by atoms with Gasteiger partial charge >= 0.3 is 0 Å². The molecular weight excluding hydrogens is 579 g/mol. The SMILES string of the molecule is Cc1nn(COCC[Si](C)(C)C)c(C)c1-c1ccc(NC(=O)[C@@H](NC(=O)c2conc2C(C)C)C2CCC(C)CC2)nc1F. The lowest BCUT2D eigenvalue weighted by Crippen LogP contribution is -2.49. The third-order valence-corrected chi connectivity index (χ3v) is 10.2. The van der Waals surface area contributed by atoms with E-state index in [2.05, 4.69) is 52.4 Å². The van der Waals surface area contributed by atoms with Crippen LogP contribution in [-0.2, 0) is 16.3 Å². The molecule has 3 aromatic rings. The average molecular weight is 627 g/mol. The van der Waals surface area contributed by atoms with E-state index in [1.165, 1.54) is 6.26 Å². The van der Waals surface area contributed by atoms with E-state index in [0.29, 0.717) is 47.3 Å². The van der Waals surface area contributed by atoms with Gasteiger partial charge in [0.15, 0.2) is 0 Å². The standard InChI is InChI=1S/C32H47FN6O4Si/c1-19(2)28-25(17-43-38-28)31(40)36-29(23-11-9-20(3)10-12-23)32(41)35-26-14-13-24(30(33)34-26)27-21(4)37-39(22(27)5)18-42-15-16-44(6,7)8/h13-14,17,19-20,23,29H,9-12,15-16,18H2,1-8H3,(H,36,40)(H,34,35,41)/t20?,23?,29-/m0/s1. The third kappa shape index (κ3) is 8.20. The Kier molecular flexibility index (Phi) is 10.8. The summed E-state index contributed by atoms with van der Waals surface area (Å²) in [7, 11) is -1.21. The Balaban J connectivity index is 1.50. The lowest BCUT2D eigenvalue weighted by molar-refractivity contribution is -0.119. The number of ether oxygens (including phenoxy) is 1. The zero-order valence-electron chi connectivity index (χ0n) is 27.3. The number of hydrogen-bond acceptors (Lipinski definition) is 7. The van der Waals surface area contributed by atoms with Crippen molar-refractivity contribution in [2.24, 2.45) is 11.8 Å². The van der Waals surface area contributed by atoms with Gasteiger partial charge in [-0.15, -0.1) is 0 Å². The minimum Gasteiger partial charge on any atom is -0.364 e. The first-order valence-corrected chi connectivity index (χ1v) is 19.3. The van der Waals surface area contributed by atoms with Crippen LogP contribution in [0.3, 0.4) is 0 Å². The largest absolute Gasteiger partial charge is 0.364 e. The fraction of sp³-hybridized carbons (Fsp3) is 0.594. The molecule has 0 saturated heterocycles. The Bertz CT molecular complexity index is 1460. The van der Waals surface area contributed by atoms with E-state index in [4.69, 9.17) is 9.26 Å². The van der Waals surface area contributed by atoms with E-state index in [0.717, 1.165) is 37.4 Å². The molecule has 2 N–H and O–H groups in total. The van der Waals surface area contributed by atoms with Crippen LogP contribution in [0, 0.1) is 31.6 Å². The van der Waals surface area contributed by atoms with Crippen molar-refractivity contribution in [2.75, 3.05) is 11.9 Å². The molecule has 12 heteroatoms. The first-order valence-electron chi connectivity index (χ1n) is 15.6. The molecule has 10 nitrogen and oxygen atoms in total. The fourth-order valence-electron chi connectivity index (χ4n) is 5.70. The Hall–Kier alpha value is -3.38. The Morgan fingerprint density at radius 1 is 1.16 bits per heavy atom. The number of carbonyl (C=O) groups excluding carboxylic acids is 2. The molecule has 1 saturated carbocycles. The second kappa shape index (κ2) is 14.1. The zero-order chi connectivity index (χ0) is 32.2. The van der Waals surface area contributed by atoms with Crippen molar-refractivity contribution in [2.45, 2.75) is 105 Å². The number of anilines is 1. The normalized spacial score (nSPS) is 18.0. The monoisotopic (exact) mass is 626 g/mol. The molecule has 1 fully saturated rings. The molecule has 0 aliphatic heterocycles. The van der Waals surface area contributed by atoms with Crippen LogP contribution in [0.1, 0.15) is 79.8 Å². The van der Waals surface area contributed by atoms with Gasteiger partial charge in [-0.05, 0) is 62.6 Å². The fourth-order valence-corrected chi connectivity index (χ4v) is 6.46. The first-order chi connectivity index (χ1) is 20.7. The number of carbonyl (C=O) groups is 2. The van der Waals surface area contributed by atoms with Gasteiger partial charge in [0.1, 0.15) is 30.4 Å². The van der Waals surface area contributed by atoms with Gasteiger partial charge in [0.2, 0.25) is 11.9 Å². The predicted molar refractivity (Wildman–Crippen MR) is 171 cm³/mol. The number of amides is 2. The van der Waals surface area contributed by atoms with Crippen molar-refractivity contribution < 1.29 is 23.2 Å². The maximum absolute atomic E-state index is 15.5. The Morgan fingerprint density at radius 2 is 1.86 bits per heavy atom. The number of pyridine rings is 1. The summed E-state index contributed by atoms with van der Waals surface area (Å²) in [4.78, 5) is 31.0. The first kappa shape index (κ1) is 33.5. The maximum atomic E-state index is 15.5. The number of aryl methyl sites for hydroxylation is 1. The van der Waals surface area contributed by atoms with Gasteiger partial charge in [0.05, 0.1) is 11.4 Å². The average Bonchev–Trinajstić information content (AvgIpc) is 3.55. The highest BCUT2D eigenvalue weighted by Gasteiger charge is 2.34.